The Morgan fingerprint density at radius 2 is 1.54 bits per heavy atom. The van der Waals surface area contributed by atoms with Crippen LogP contribution in [-0.4, -0.2) is 17.3 Å². The summed E-state index contributed by atoms with van der Waals surface area (Å²) in [4.78, 5) is 0. The summed E-state index contributed by atoms with van der Waals surface area (Å²) in [7, 11) is 1.61. The van der Waals surface area contributed by atoms with E-state index in [2.05, 4.69) is 15.5 Å². The second kappa shape index (κ2) is 8.26. The number of aromatic nitrogens is 2. The molecule has 28 heavy (non-hydrogen) atoms. The van der Waals surface area contributed by atoms with Crippen LogP contribution in [0.1, 0.15) is 5.89 Å². The SMILES string of the molecule is COc1ccccc1-c1nnc(CNc2ccc(Oc3ccccc3)cc2)o1. The average Bonchev–Trinajstić information content (AvgIpc) is 3.23. The third kappa shape index (κ3) is 4.12. The van der Waals surface area contributed by atoms with E-state index in [1.165, 1.54) is 0 Å². The summed E-state index contributed by atoms with van der Waals surface area (Å²) in [5.74, 6) is 3.19. The lowest BCUT2D eigenvalue weighted by atomic mass is 10.2. The quantitative estimate of drug-likeness (QED) is 0.483. The van der Waals surface area contributed by atoms with Gasteiger partial charge in [0.25, 0.3) is 5.89 Å². The van der Waals surface area contributed by atoms with Crippen molar-refractivity contribution in [2.75, 3.05) is 12.4 Å². The fourth-order valence-corrected chi connectivity index (χ4v) is 2.70. The number of rotatable bonds is 7. The molecule has 0 radical (unpaired) electrons. The Kier molecular flexibility index (Phi) is 5.20. The maximum Gasteiger partial charge on any atom is 0.251 e. The summed E-state index contributed by atoms with van der Waals surface area (Å²) < 4.78 is 16.9. The number of methoxy groups -OCH3 is 1. The molecular weight excluding hydrogens is 354 g/mol. The van der Waals surface area contributed by atoms with Gasteiger partial charge in [-0.15, -0.1) is 10.2 Å². The predicted octanol–water partition coefficient (Wildman–Crippen LogP) is 5.15. The molecule has 0 spiro atoms. The van der Waals surface area contributed by atoms with Crippen molar-refractivity contribution in [2.45, 2.75) is 6.54 Å². The molecule has 0 aliphatic heterocycles. The highest BCUT2D eigenvalue weighted by atomic mass is 16.5. The number of anilines is 1. The minimum absolute atomic E-state index is 0.418. The third-order valence-corrected chi connectivity index (χ3v) is 4.08. The highest BCUT2D eigenvalue weighted by molar-refractivity contribution is 5.62. The van der Waals surface area contributed by atoms with Gasteiger partial charge < -0.3 is 19.2 Å². The van der Waals surface area contributed by atoms with Crippen molar-refractivity contribution in [3.8, 4) is 28.7 Å². The van der Waals surface area contributed by atoms with Gasteiger partial charge in [-0.05, 0) is 48.5 Å². The van der Waals surface area contributed by atoms with E-state index in [1.54, 1.807) is 7.11 Å². The smallest absolute Gasteiger partial charge is 0.251 e. The number of hydrogen-bond acceptors (Lipinski definition) is 6. The van der Waals surface area contributed by atoms with Crippen LogP contribution in [0.15, 0.2) is 83.3 Å². The number of para-hydroxylation sites is 2. The van der Waals surface area contributed by atoms with Crippen molar-refractivity contribution in [1.29, 1.82) is 0 Å². The lowest BCUT2D eigenvalue weighted by Crippen LogP contribution is -1.99. The Labute approximate surface area is 162 Å². The summed E-state index contributed by atoms with van der Waals surface area (Å²) in [5, 5.41) is 11.5. The first-order valence-corrected chi connectivity index (χ1v) is 8.84. The largest absolute Gasteiger partial charge is 0.496 e. The zero-order valence-corrected chi connectivity index (χ0v) is 15.3. The fourth-order valence-electron chi connectivity index (χ4n) is 2.70. The van der Waals surface area contributed by atoms with Crippen LogP contribution < -0.4 is 14.8 Å². The van der Waals surface area contributed by atoms with Gasteiger partial charge in [-0.25, -0.2) is 0 Å². The maximum atomic E-state index is 5.79. The van der Waals surface area contributed by atoms with Crippen LogP contribution in [-0.2, 0) is 6.54 Å². The van der Waals surface area contributed by atoms with Crippen LogP contribution in [0.3, 0.4) is 0 Å². The molecule has 4 aromatic rings. The Morgan fingerprint density at radius 3 is 2.32 bits per heavy atom. The third-order valence-electron chi connectivity index (χ3n) is 4.08. The van der Waals surface area contributed by atoms with Gasteiger partial charge in [-0.2, -0.15) is 0 Å². The molecule has 6 heteroatoms. The zero-order valence-electron chi connectivity index (χ0n) is 15.3. The van der Waals surface area contributed by atoms with Gasteiger partial charge in [-0.1, -0.05) is 30.3 Å². The first-order chi connectivity index (χ1) is 13.8. The number of nitrogens with zero attached hydrogens (tertiary/aromatic N) is 2. The van der Waals surface area contributed by atoms with Crippen LogP contribution in [0.25, 0.3) is 11.5 Å². The van der Waals surface area contributed by atoms with E-state index in [-0.39, 0.29) is 0 Å². The highest BCUT2D eigenvalue weighted by Crippen LogP contribution is 2.28. The predicted molar refractivity (Wildman–Crippen MR) is 107 cm³/mol. The second-order valence-corrected chi connectivity index (χ2v) is 5.99. The van der Waals surface area contributed by atoms with Gasteiger partial charge in [0.15, 0.2) is 0 Å². The number of benzene rings is 3. The Morgan fingerprint density at radius 1 is 0.821 bits per heavy atom. The lowest BCUT2D eigenvalue weighted by molar-refractivity contribution is 0.413. The monoisotopic (exact) mass is 373 g/mol. The van der Waals surface area contributed by atoms with Gasteiger partial charge in [0.05, 0.1) is 19.2 Å². The average molecular weight is 373 g/mol. The molecule has 1 N–H and O–H groups in total. The molecule has 0 aliphatic rings. The van der Waals surface area contributed by atoms with Crippen molar-refractivity contribution in [2.24, 2.45) is 0 Å². The molecule has 140 valence electrons. The van der Waals surface area contributed by atoms with Crippen LogP contribution in [0.5, 0.6) is 17.2 Å². The minimum atomic E-state index is 0.418. The molecule has 4 rings (SSSR count). The van der Waals surface area contributed by atoms with E-state index >= 15 is 0 Å². The van der Waals surface area contributed by atoms with E-state index < -0.39 is 0 Å². The van der Waals surface area contributed by atoms with Crippen LogP contribution in [0, 0.1) is 0 Å². The second-order valence-electron chi connectivity index (χ2n) is 5.99. The van der Waals surface area contributed by atoms with Crippen molar-refractivity contribution in [3.63, 3.8) is 0 Å². The maximum absolute atomic E-state index is 5.79. The molecule has 0 fully saturated rings. The topological polar surface area (TPSA) is 69.4 Å². The highest BCUT2D eigenvalue weighted by Gasteiger charge is 2.12. The number of ether oxygens (including phenoxy) is 2. The van der Waals surface area contributed by atoms with Gasteiger partial charge in [-0.3, -0.25) is 0 Å². The summed E-state index contributed by atoms with van der Waals surface area (Å²) >= 11 is 0. The van der Waals surface area contributed by atoms with Crippen molar-refractivity contribution in [1.82, 2.24) is 10.2 Å². The van der Waals surface area contributed by atoms with Gasteiger partial charge in [0, 0.05) is 5.69 Å². The molecule has 0 amide bonds. The molecule has 0 saturated carbocycles. The minimum Gasteiger partial charge on any atom is -0.496 e. The van der Waals surface area contributed by atoms with Crippen molar-refractivity contribution >= 4 is 5.69 Å². The first-order valence-electron chi connectivity index (χ1n) is 8.84. The number of nitrogens with one attached hydrogen (secondary N) is 1. The summed E-state index contributed by atoms with van der Waals surface area (Å²) in [6.07, 6.45) is 0. The molecule has 0 unspecified atom stereocenters. The molecule has 0 aliphatic carbocycles. The van der Waals surface area contributed by atoms with E-state index in [9.17, 15) is 0 Å². The Hall–Kier alpha value is -3.80. The van der Waals surface area contributed by atoms with Gasteiger partial charge >= 0.3 is 0 Å². The van der Waals surface area contributed by atoms with E-state index in [1.807, 2.05) is 78.9 Å². The Bertz CT molecular complexity index is 1030. The molecular formula is C22H19N3O3. The van der Waals surface area contributed by atoms with Crippen LogP contribution in [0.2, 0.25) is 0 Å². The van der Waals surface area contributed by atoms with Crippen LogP contribution in [0.4, 0.5) is 5.69 Å². The van der Waals surface area contributed by atoms with E-state index in [0.29, 0.717) is 24.1 Å². The molecule has 1 heterocycles. The molecule has 6 nitrogen and oxygen atoms in total. The number of hydrogen-bond donors (Lipinski definition) is 1. The summed E-state index contributed by atoms with van der Waals surface area (Å²) in [5.41, 5.74) is 1.70. The van der Waals surface area contributed by atoms with E-state index in [4.69, 9.17) is 13.9 Å². The van der Waals surface area contributed by atoms with Gasteiger partial charge in [0.2, 0.25) is 5.89 Å². The molecule has 0 bridgehead atoms. The molecule has 1 aromatic heterocycles. The van der Waals surface area contributed by atoms with Gasteiger partial charge in [0.1, 0.15) is 17.2 Å². The lowest BCUT2D eigenvalue weighted by Gasteiger charge is -2.07. The summed E-state index contributed by atoms with van der Waals surface area (Å²) in [6, 6.07) is 24.9. The summed E-state index contributed by atoms with van der Waals surface area (Å²) in [6.45, 7) is 0.418. The normalized spacial score (nSPS) is 10.5. The molecule has 0 atom stereocenters. The Balaban J connectivity index is 1.38. The standard InChI is InChI=1S/C22H19N3O3/c1-26-20-10-6-5-9-19(20)22-25-24-21(28-22)15-23-16-11-13-18(14-12-16)27-17-7-3-2-4-8-17/h2-14,23H,15H2,1H3. The fraction of sp³-hybridized carbons (Fsp3) is 0.0909. The molecule has 3 aromatic carbocycles. The van der Waals surface area contributed by atoms with Crippen molar-refractivity contribution in [3.05, 3.63) is 84.8 Å². The molecule has 0 saturated heterocycles. The van der Waals surface area contributed by atoms with Crippen molar-refractivity contribution < 1.29 is 13.9 Å². The van der Waals surface area contributed by atoms with E-state index in [0.717, 1.165) is 22.7 Å². The zero-order chi connectivity index (χ0) is 19.2. The van der Waals surface area contributed by atoms with Crippen LogP contribution >= 0.6 is 0 Å². The first kappa shape index (κ1) is 17.6.